The number of aryl methyl sites for hydroxylation is 1. The maximum absolute atomic E-state index is 12.3. The molecule has 1 heterocycles. The fourth-order valence-electron chi connectivity index (χ4n) is 2.57. The Morgan fingerprint density at radius 3 is 2.91 bits per heavy atom. The molecule has 0 bridgehead atoms. The lowest BCUT2D eigenvalue weighted by molar-refractivity contribution is -0.115. The fourth-order valence-corrected chi connectivity index (χ4v) is 3.36. The van der Waals surface area contributed by atoms with Crippen LogP contribution >= 0.6 is 11.8 Å². The molecular formula is C18H18N2O2S. The van der Waals surface area contributed by atoms with E-state index >= 15 is 0 Å². The van der Waals surface area contributed by atoms with E-state index in [0.717, 1.165) is 33.8 Å². The minimum atomic E-state index is -0.0550. The van der Waals surface area contributed by atoms with Crippen LogP contribution in [-0.2, 0) is 22.4 Å². The van der Waals surface area contributed by atoms with E-state index in [0.29, 0.717) is 5.75 Å². The number of amides is 2. The molecule has 2 aromatic carbocycles. The van der Waals surface area contributed by atoms with Crippen LogP contribution in [0.1, 0.15) is 18.1 Å². The highest BCUT2D eigenvalue weighted by Gasteiger charge is 2.16. The van der Waals surface area contributed by atoms with Gasteiger partial charge in [-0.2, -0.15) is 0 Å². The normalized spacial score (nSPS) is 13.2. The van der Waals surface area contributed by atoms with Crippen molar-refractivity contribution in [3.05, 3.63) is 53.6 Å². The van der Waals surface area contributed by atoms with Crippen molar-refractivity contribution in [1.82, 2.24) is 0 Å². The molecule has 0 aliphatic carbocycles. The zero-order chi connectivity index (χ0) is 16.2. The van der Waals surface area contributed by atoms with E-state index in [2.05, 4.69) is 17.6 Å². The average molecular weight is 326 g/mol. The van der Waals surface area contributed by atoms with Crippen molar-refractivity contribution in [3.63, 3.8) is 0 Å². The molecule has 5 heteroatoms. The third-order valence-corrected chi connectivity index (χ3v) is 4.79. The van der Waals surface area contributed by atoms with Crippen LogP contribution in [0.15, 0.2) is 47.4 Å². The molecule has 0 atom stereocenters. The van der Waals surface area contributed by atoms with Crippen LogP contribution in [0.25, 0.3) is 0 Å². The minimum Gasteiger partial charge on any atom is -0.326 e. The summed E-state index contributed by atoms with van der Waals surface area (Å²) in [6.45, 7) is 2.06. The molecule has 0 aromatic heterocycles. The van der Waals surface area contributed by atoms with E-state index in [1.165, 1.54) is 11.8 Å². The lowest BCUT2D eigenvalue weighted by Gasteiger charge is -2.17. The number of fused-ring (bicyclic) bond motifs is 1. The number of hydrogen-bond donors (Lipinski definition) is 2. The highest BCUT2D eigenvalue weighted by atomic mass is 32.2. The van der Waals surface area contributed by atoms with Gasteiger partial charge in [-0.1, -0.05) is 31.2 Å². The summed E-state index contributed by atoms with van der Waals surface area (Å²) < 4.78 is 0. The van der Waals surface area contributed by atoms with E-state index in [9.17, 15) is 9.59 Å². The van der Waals surface area contributed by atoms with E-state index in [1.807, 2.05) is 42.5 Å². The Kier molecular flexibility index (Phi) is 4.67. The Bertz CT molecular complexity index is 758. The number of para-hydroxylation sites is 1. The first-order valence-electron chi connectivity index (χ1n) is 7.59. The minimum absolute atomic E-state index is 0.000902. The van der Waals surface area contributed by atoms with Gasteiger partial charge in [0.2, 0.25) is 11.8 Å². The van der Waals surface area contributed by atoms with Crippen molar-refractivity contribution < 1.29 is 9.59 Å². The summed E-state index contributed by atoms with van der Waals surface area (Å²) in [5.74, 6) is 0.391. The molecule has 1 aliphatic rings. The Hall–Kier alpha value is -2.27. The van der Waals surface area contributed by atoms with Crippen LogP contribution in [0, 0.1) is 0 Å². The largest absolute Gasteiger partial charge is 0.326 e. The Balaban J connectivity index is 1.71. The van der Waals surface area contributed by atoms with Crippen LogP contribution in [-0.4, -0.2) is 17.6 Å². The first-order chi connectivity index (χ1) is 11.2. The third kappa shape index (κ3) is 3.74. The summed E-state index contributed by atoms with van der Waals surface area (Å²) >= 11 is 1.52. The molecule has 0 saturated heterocycles. The summed E-state index contributed by atoms with van der Waals surface area (Å²) in [5, 5.41) is 5.82. The highest BCUT2D eigenvalue weighted by Crippen LogP contribution is 2.32. The predicted octanol–water partition coefficient (Wildman–Crippen LogP) is 3.47. The van der Waals surface area contributed by atoms with Gasteiger partial charge in [-0.3, -0.25) is 9.59 Å². The van der Waals surface area contributed by atoms with Gasteiger partial charge in [-0.05, 0) is 35.7 Å². The maximum Gasteiger partial charge on any atom is 0.234 e. The molecule has 118 valence electrons. The van der Waals surface area contributed by atoms with Gasteiger partial charge in [-0.25, -0.2) is 0 Å². The van der Waals surface area contributed by atoms with Gasteiger partial charge in [0.05, 0.1) is 17.9 Å². The summed E-state index contributed by atoms with van der Waals surface area (Å²) in [7, 11) is 0. The fraction of sp³-hybridized carbons (Fsp3) is 0.222. The zero-order valence-electron chi connectivity index (χ0n) is 12.9. The quantitative estimate of drug-likeness (QED) is 0.904. The molecule has 0 unspecified atom stereocenters. The number of anilines is 2. The summed E-state index contributed by atoms with van der Waals surface area (Å²) in [6.07, 6.45) is 1.16. The number of nitrogens with one attached hydrogen (secondary N) is 2. The SMILES string of the molecule is CCc1ccccc1NC(=O)Cc1ccc2c(c1)NC(=O)CS2. The van der Waals surface area contributed by atoms with Crippen molar-refractivity contribution in [2.45, 2.75) is 24.7 Å². The molecule has 0 spiro atoms. The van der Waals surface area contributed by atoms with Gasteiger partial charge in [0, 0.05) is 10.6 Å². The molecular weight excluding hydrogens is 308 g/mol. The zero-order valence-corrected chi connectivity index (χ0v) is 13.7. The molecule has 23 heavy (non-hydrogen) atoms. The van der Waals surface area contributed by atoms with Crippen molar-refractivity contribution in [2.24, 2.45) is 0 Å². The molecule has 0 fully saturated rings. The van der Waals surface area contributed by atoms with Crippen molar-refractivity contribution in [1.29, 1.82) is 0 Å². The van der Waals surface area contributed by atoms with Crippen molar-refractivity contribution >= 4 is 35.0 Å². The molecule has 0 saturated carbocycles. The number of rotatable bonds is 4. The standard InChI is InChI=1S/C18H18N2O2S/c1-2-13-5-3-4-6-14(13)19-17(21)10-12-7-8-16-15(9-12)20-18(22)11-23-16/h3-9H,2,10-11H2,1H3,(H,19,21)(H,20,22). The van der Waals surface area contributed by atoms with E-state index in [-0.39, 0.29) is 18.2 Å². The van der Waals surface area contributed by atoms with Crippen molar-refractivity contribution in [3.8, 4) is 0 Å². The van der Waals surface area contributed by atoms with E-state index in [1.54, 1.807) is 0 Å². The first kappa shape index (κ1) is 15.6. The van der Waals surface area contributed by atoms with E-state index < -0.39 is 0 Å². The third-order valence-electron chi connectivity index (χ3n) is 3.71. The second kappa shape index (κ2) is 6.87. The van der Waals surface area contributed by atoms with Gasteiger partial charge in [0.25, 0.3) is 0 Å². The number of carbonyl (C=O) groups excluding carboxylic acids is 2. The Morgan fingerprint density at radius 1 is 1.26 bits per heavy atom. The number of thioether (sulfide) groups is 1. The molecule has 3 rings (SSSR count). The number of hydrogen-bond acceptors (Lipinski definition) is 3. The number of carbonyl (C=O) groups is 2. The molecule has 0 radical (unpaired) electrons. The van der Waals surface area contributed by atoms with Gasteiger partial charge < -0.3 is 10.6 Å². The van der Waals surface area contributed by atoms with Gasteiger partial charge in [0.15, 0.2) is 0 Å². The highest BCUT2D eigenvalue weighted by molar-refractivity contribution is 8.00. The lowest BCUT2D eigenvalue weighted by Crippen LogP contribution is -2.19. The maximum atomic E-state index is 12.3. The van der Waals surface area contributed by atoms with Crippen LogP contribution in [0.2, 0.25) is 0 Å². The lowest BCUT2D eigenvalue weighted by atomic mass is 10.1. The monoisotopic (exact) mass is 326 g/mol. The molecule has 2 aromatic rings. The average Bonchev–Trinajstić information content (AvgIpc) is 2.55. The molecule has 2 amide bonds. The Morgan fingerprint density at radius 2 is 2.09 bits per heavy atom. The van der Waals surface area contributed by atoms with Gasteiger partial charge in [0.1, 0.15) is 0 Å². The summed E-state index contributed by atoms with van der Waals surface area (Å²) in [4.78, 5) is 24.8. The van der Waals surface area contributed by atoms with Crippen LogP contribution in [0.3, 0.4) is 0 Å². The van der Waals surface area contributed by atoms with Gasteiger partial charge >= 0.3 is 0 Å². The molecule has 1 aliphatic heterocycles. The smallest absolute Gasteiger partial charge is 0.234 e. The molecule has 4 nitrogen and oxygen atoms in total. The summed E-state index contributed by atoms with van der Waals surface area (Å²) in [5.41, 5.74) is 3.67. The van der Waals surface area contributed by atoms with E-state index in [4.69, 9.17) is 0 Å². The van der Waals surface area contributed by atoms with Gasteiger partial charge in [-0.15, -0.1) is 11.8 Å². The molecule has 2 N–H and O–H groups in total. The van der Waals surface area contributed by atoms with Crippen LogP contribution in [0.5, 0.6) is 0 Å². The topological polar surface area (TPSA) is 58.2 Å². The van der Waals surface area contributed by atoms with Crippen molar-refractivity contribution in [2.75, 3.05) is 16.4 Å². The van der Waals surface area contributed by atoms with Crippen LogP contribution < -0.4 is 10.6 Å². The summed E-state index contributed by atoms with van der Waals surface area (Å²) in [6, 6.07) is 13.6. The second-order valence-electron chi connectivity index (χ2n) is 5.40. The Labute approximate surface area is 139 Å². The van der Waals surface area contributed by atoms with Crippen LogP contribution in [0.4, 0.5) is 11.4 Å². The first-order valence-corrected chi connectivity index (χ1v) is 8.57. The predicted molar refractivity (Wildman–Crippen MR) is 93.9 cm³/mol. The second-order valence-corrected chi connectivity index (χ2v) is 6.42. The number of benzene rings is 2.